The first kappa shape index (κ1) is 12.8. The van der Waals surface area contributed by atoms with E-state index in [9.17, 15) is 9.59 Å². The van der Waals surface area contributed by atoms with Gasteiger partial charge in [0, 0.05) is 19.8 Å². The van der Waals surface area contributed by atoms with Crippen molar-refractivity contribution < 1.29 is 19.4 Å². The van der Waals surface area contributed by atoms with E-state index >= 15 is 0 Å². The highest BCUT2D eigenvalue weighted by Crippen LogP contribution is 2.18. The van der Waals surface area contributed by atoms with E-state index in [0.717, 1.165) is 12.8 Å². The molecule has 6 nitrogen and oxygen atoms in total. The van der Waals surface area contributed by atoms with Crippen LogP contribution in [0.2, 0.25) is 0 Å². The molecule has 92 valence electrons. The lowest BCUT2D eigenvalue weighted by atomic mass is 10.1. The lowest BCUT2D eigenvalue weighted by Crippen LogP contribution is -2.46. The summed E-state index contributed by atoms with van der Waals surface area (Å²) in [5.41, 5.74) is 0. The number of carboxylic acids is 1. The summed E-state index contributed by atoms with van der Waals surface area (Å²) in [6, 6.07) is -1.00. The molecule has 1 aliphatic carbocycles. The van der Waals surface area contributed by atoms with Gasteiger partial charge in [-0.25, -0.2) is 9.59 Å². The molecule has 0 heterocycles. The monoisotopic (exact) mass is 230 g/mol. The van der Waals surface area contributed by atoms with E-state index in [0.29, 0.717) is 19.4 Å². The molecular formula is C10H18N2O4. The molecule has 2 amide bonds. The summed E-state index contributed by atoms with van der Waals surface area (Å²) in [5.74, 6) is -1.01. The fraction of sp³-hybridized carbons (Fsp3) is 0.800. The van der Waals surface area contributed by atoms with Crippen LogP contribution < -0.4 is 10.6 Å². The Labute approximate surface area is 94.3 Å². The number of rotatable bonds is 7. The molecule has 0 aromatic heterocycles. The van der Waals surface area contributed by atoms with Crippen molar-refractivity contribution in [1.29, 1.82) is 0 Å². The van der Waals surface area contributed by atoms with Crippen LogP contribution in [0.3, 0.4) is 0 Å². The minimum Gasteiger partial charge on any atom is -0.480 e. The van der Waals surface area contributed by atoms with Gasteiger partial charge in [0.05, 0.1) is 0 Å². The normalized spacial score (nSPS) is 16.6. The van der Waals surface area contributed by atoms with E-state index in [1.54, 1.807) is 7.11 Å². The van der Waals surface area contributed by atoms with E-state index in [2.05, 4.69) is 10.6 Å². The van der Waals surface area contributed by atoms with E-state index < -0.39 is 18.0 Å². The second-order valence-electron chi connectivity index (χ2n) is 3.92. The number of ether oxygens (including phenoxy) is 1. The summed E-state index contributed by atoms with van der Waals surface area (Å²) in [4.78, 5) is 22.2. The van der Waals surface area contributed by atoms with Crippen molar-refractivity contribution in [2.75, 3.05) is 13.7 Å². The van der Waals surface area contributed by atoms with Gasteiger partial charge in [-0.05, 0) is 25.7 Å². The van der Waals surface area contributed by atoms with Crippen LogP contribution >= 0.6 is 0 Å². The molecule has 1 rings (SSSR count). The minimum atomic E-state index is -1.01. The maximum Gasteiger partial charge on any atom is 0.326 e. The summed E-state index contributed by atoms with van der Waals surface area (Å²) >= 11 is 0. The van der Waals surface area contributed by atoms with Crippen LogP contribution in [0, 0.1) is 0 Å². The van der Waals surface area contributed by atoms with Crippen LogP contribution in [0.15, 0.2) is 0 Å². The van der Waals surface area contributed by atoms with Gasteiger partial charge in [-0.1, -0.05) is 0 Å². The van der Waals surface area contributed by atoms with Crippen molar-refractivity contribution in [3.8, 4) is 0 Å². The average Bonchev–Trinajstić information content (AvgIpc) is 3.00. The lowest BCUT2D eigenvalue weighted by molar-refractivity contribution is -0.139. The summed E-state index contributed by atoms with van der Waals surface area (Å²) in [6.07, 6.45) is 2.95. The quantitative estimate of drug-likeness (QED) is 0.550. The molecule has 0 aromatic rings. The van der Waals surface area contributed by atoms with Gasteiger partial charge in [0.25, 0.3) is 0 Å². The molecule has 6 heteroatoms. The van der Waals surface area contributed by atoms with Crippen LogP contribution in [0.1, 0.15) is 25.7 Å². The highest BCUT2D eigenvalue weighted by atomic mass is 16.5. The second kappa shape index (κ2) is 6.32. The van der Waals surface area contributed by atoms with Crippen molar-refractivity contribution in [2.24, 2.45) is 0 Å². The molecule has 0 spiro atoms. The molecule has 0 aliphatic heterocycles. The summed E-state index contributed by atoms with van der Waals surface area (Å²) < 4.78 is 4.83. The third kappa shape index (κ3) is 4.97. The molecule has 1 unspecified atom stereocenters. The Morgan fingerprint density at radius 2 is 2.19 bits per heavy atom. The van der Waals surface area contributed by atoms with Gasteiger partial charge in [0.1, 0.15) is 6.04 Å². The highest BCUT2D eigenvalue weighted by Gasteiger charge is 2.25. The van der Waals surface area contributed by atoms with Gasteiger partial charge in [-0.2, -0.15) is 0 Å². The van der Waals surface area contributed by atoms with E-state index in [1.807, 2.05) is 0 Å². The smallest absolute Gasteiger partial charge is 0.326 e. The molecule has 1 fully saturated rings. The number of carbonyl (C=O) groups is 2. The fourth-order valence-corrected chi connectivity index (χ4v) is 1.30. The Kier molecular flexibility index (Phi) is 5.04. The number of aliphatic carboxylic acids is 1. The predicted molar refractivity (Wildman–Crippen MR) is 57.2 cm³/mol. The fourth-order valence-electron chi connectivity index (χ4n) is 1.30. The maximum absolute atomic E-state index is 11.3. The Balaban J connectivity index is 2.25. The first-order chi connectivity index (χ1) is 7.63. The third-order valence-corrected chi connectivity index (χ3v) is 2.36. The number of carbonyl (C=O) groups excluding carboxylic acids is 1. The van der Waals surface area contributed by atoms with Crippen LogP contribution in [0.5, 0.6) is 0 Å². The van der Waals surface area contributed by atoms with Crippen molar-refractivity contribution in [3.63, 3.8) is 0 Å². The van der Waals surface area contributed by atoms with Gasteiger partial charge < -0.3 is 20.5 Å². The second-order valence-corrected chi connectivity index (χ2v) is 3.92. The minimum absolute atomic E-state index is 0.230. The van der Waals surface area contributed by atoms with E-state index in [1.165, 1.54) is 0 Å². The summed E-state index contributed by atoms with van der Waals surface area (Å²) in [5, 5.41) is 14.0. The SMILES string of the molecule is COCCCC(NC(=O)NC1CC1)C(=O)O. The molecular weight excluding hydrogens is 212 g/mol. The number of methoxy groups -OCH3 is 1. The zero-order valence-electron chi connectivity index (χ0n) is 9.36. The molecule has 0 bridgehead atoms. The highest BCUT2D eigenvalue weighted by molar-refractivity contribution is 5.82. The number of nitrogens with one attached hydrogen (secondary N) is 2. The van der Waals surface area contributed by atoms with Gasteiger partial charge in [-0.3, -0.25) is 0 Å². The topological polar surface area (TPSA) is 87.7 Å². The molecule has 0 aromatic carbocycles. The van der Waals surface area contributed by atoms with Gasteiger partial charge in [-0.15, -0.1) is 0 Å². The molecule has 0 radical (unpaired) electrons. The average molecular weight is 230 g/mol. The number of urea groups is 1. The van der Waals surface area contributed by atoms with Crippen molar-refractivity contribution in [2.45, 2.75) is 37.8 Å². The number of hydrogen-bond acceptors (Lipinski definition) is 3. The van der Waals surface area contributed by atoms with Crippen molar-refractivity contribution >= 4 is 12.0 Å². The van der Waals surface area contributed by atoms with Crippen LogP contribution in [0.4, 0.5) is 4.79 Å². The zero-order valence-corrected chi connectivity index (χ0v) is 9.36. The van der Waals surface area contributed by atoms with Gasteiger partial charge in [0.2, 0.25) is 0 Å². The van der Waals surface area contributed by atoms with Crippen molar-refractivity contribution in [1.82, 2.24) is 10.6 Å². The Morgan fingerprint density at radius 3 is 2.69 bits per heavy atom. The van der Waals surface area contributed by atoms with Crippen LogP contribution in [-0.4, -0.2) is 42.9 Å². The largest absolute Gasteiger partial charge is 0.480 e. The Bertz CT molecular complexity index is 253. The Hall–Kier alpha value is -1.30. The standard InChI is InChI=1S/C10H18N2O4/c1-16-6-2-3-8(9(13)14)12-10(15)11-7-4-5-7/h7-8H,2-6H2,1H3,(H,13,14)(H2,11,12,15). The first-order valence-corrected chi connectivity index (χ1v) is 5.42. The zero-order chi connectivity index (χ0) is 12.0. The predicted octanol–water partition coefficient (Wildman–Crippen LogP) is 0.328. The van der Waals surface area contributed by atoms with Gasteiger partial charge >= 0.3 is 12.0 Å². The van der Waals surface area contributed by atoms with Gasteiger partial charge in [0.15, 0.2) is 0 Å². The summed E-state index contributed by atoms with van der Waals surface area (Å²) in [7, 11) is 1.56. The van der Waals surface area contributed by atoms with Crippen LogP contribution in [0.25, 0.3) is 0 Å². The third-order valence-electron chi connectivity index (χ3n) is 2.36. The maximum atomic E-state index is 11.3. The number of amides is 2. The lowest BCUT2D eigenvalue weighted by Gasteiger charge is -2.14. The molecule has 3 N–H and O–H groups in total. The molecule has 0 saturated heterocycles. The summed E-state index contributed by atoms with van der Waals surface area (Å²) in [6.45, 7) is 0.496. The first-order valence-electron chi connectivity index (χ1n) is 5.42. The Morgan fingerprint density at radius 1 is 1.50 bits per heavy atom. The van der Waals surface area contributed by atoms with E-state index in [-0.39, 0.29) is 6.04 Å². The molecule has 1 aliphatic rings. The van der Waals surface area contributed by atoms with Crippen LogP contribution in [-0.2, 0) is 9.53 Å². The molecule has 1 atom stereocenters. The number of carboxylic acid groups (broad SMARTS) is 1. The van der Waals surface area contributed by atoms with Crippen molar-refractivity contribution in [3.05, 3.63) is 0 Å². The number of hydrogen-bond donors (Lipinski definition) is 3. The molecule has 16 heavy (non-hydrogen) atoms. The molecule has 1 saturated carbocycles. The van der Waals surface area contributed by atoms with E-state index in [4.69, 9.17) is 9.84 Å².